The van der Waals surface area contributed by atoms with Crippen molar-refractivity contribution in [2.75, 3.05) is 17.7 Å². The summed E-state index contributed by atoms with van der Waals surface area (Å²) in [5, 5.41) is 7.26. The molecule has 0 aliphatic carbocycles. The number of nitrogens with one attached hydrogen (secondary N) is 2. The van der Waals surface area contributed by atoms with Crippen LogP contribution in [0.4, 0.5) is 10.7 Å². The Hall–Kier alpha value is -1.99. The molecule has 0 aromatic carbocycles. The molecule has 0 fully saturated rings. The highest BCUT2D eigenvalue weighted by Gasteiger charge is 2.22. The van der Waals surface area contributed by atoms with E-state index in [1.807, 2.05) is 26.0 Å². The van der Waals surface area contributed by atoms with Gasteiger partial charge in [-0.15, -0.1) is 11.3 Å². The van der Waals surface area contributed by atoms with Crippen LogP contribution in [0.25, 0.3) is 0 Å². The number of thiophene rings is 1. The number of aryl methyl sites for hydroxylation is 1. The number of anilines is 2. The third-order valence-corrected chi connectivity index (χ3v) is 4.38. The molecule has 7 heteroatoms. The fourth-order valence-electron chi connectivity index (χ4n) is 2.11. The maximum absolute atomic E-state index is 12.0. The Morgan fingerprint density at radius 2 is 2.05 bits per heavy atom. The molecule has 0 atom stereocenters. The van der Waals surface area contributed by atoms with Crippen molar-refractivity contribution in [3.8, 4) is 0 Å². The highest BCUT2D eigenvalue weighted by molar-refractivity contribution is 7.80. The summed E-state index contributed by atoms with van der Waals surface area (Å²) in [6.45, 7) is 4.00. The van der Waals surface area contributed by atoms with Crippen LogP contribution in [0.1, 0.15) is 27.7 Å². The summed E-state index contributed by atoms with van der Waals surface area (Å²) < 4.78 is 4.89. The molecule has 2 rings (SSSR count). The van der Waals surface area contributed by atoms with E-state index < -0.39 is 0 Å². The van der Waals surface area contributed by atoms with Crippen molar-refractivity contribution in [1.82, 2.24) is 4.98 Å². The quantitative estimate of drug-likeness (QED) is 0.657. The average Bonchev–Trinajstić information content (AvgIpc) is 2.82. The molecule has 2 N–H and O–H groups in total. The van der Waals surface area contributed by atoms with Gasteiger partial charge in [-0.1, -0.05) is 6.92 Å². The van der Waals surface area contributed by atoms with Crippen molar-refractivity contribution in [3.63, 3.8) is 0 Å². The summed E-state index contributed by atoms with van der Waals surface area (Å²) in [6.07, 6.45) is 4.11. The lowest BCUT2D eigenvalue weighted by atomic mass is 10.1. The maximum atomic E-state index is 12.0. The second-order valence-electron chi connectivity index (χ2n) is 4.50. The lowest BCUT2D eigenvalue weighted by molar-refractivity contribution is 0.0601. The second-order valence-corrected chi connectivity index (χ2v) is 6.13. The van der Waals surface area contributed by atoms with Gasteiger partial charge in [0, 0.05) is 23.0 Å². The first-order valence-corrected chi connectivity index (χ1v) is 7.97. The number of carbonyl (C=O) groups is 1. The Balaban J connectivity index is 2.22. The first-order valence-electron chi connectivity index (χ1n) is 6.75. The van der Waals surface area contributed by atoms with Gasteiger partial charge in [-0.3, -0.25) is 4.98 Å². The summed E-state index contributed by atoms with van der Waals surface area (Å²) in [5.41, 5.74) is 2.38. The lowest BCUT2D eigenvalue weighted by Gasteiger charge is -2.10. The van der Waals surface area contributed by atoms with E-state index in [0.717, 1.165) is 22.5 Å². The molecular weight excluding hydrogens is 318 g/mol. The van der Waals surface area contributed by atoms with Gasteiger partial charge >= 0.3 is 5.97 Å². The zero-order valence-electron chi connectivity index (χ0n) is 12.6. The monoisotopic (exact) mass is 335 g/mol. The van der Waals surface area contributed by atoms with Crippen molar-refractivity contribution >= 4 is 45.3 Å². The number of hydrogen-bond acceptors (Lipinski definition) is 5. The minimum absolute atomic E-state index is 0.351. The van der Waals surface area contributed by atoms with Gasteiger partial charge in [-0.05, 0) is 43.3 Å². The van der Waals surface area contributed by atoms with Crippen molar-refractivity contribution < 1.29 is 9.53 Å². The van der Waals surface area contributed by atoms with Crippen LogP contribution in [0, 0.1) is 6.92 Å². The number of rotatable bonds is 4. The molecule has 0 spiro atoms. The normalized spacial score (nSPS) is 10.1. The summed E-state index contributed by atoms with van der Waals surface area (Å²) in [4.78, 5) is 17.1. The lowest BCUT2D eigenvalue weighted by Crippen LogP contribution is -2.20. The Bertz CT molecular complexity index is 684. The van der Waals surface area contributed by atoms with Crippen LogP contribution in [0.5, 0.6) is 0 Å². The van der Waals surface area contributed by atoms with Crippen LogP contribution < -0.4 is 10.6 Å². The van der Waals surface area contributed by atoms with Crippen molar-refractivity contribution in [3.05, 3.63) is 40.5 Å². The summed E-state index contributed by atoms with van der Waals surface area (Å²) in [7, 11) is 1.38. The topological polar surface area (TPSA) is 63.2 Å². The third kappa shape index (κ3) is 3.61. The molecule has 0 aliphatic rings. The van der Waals surface area contributed by atoms with Gasteiger partial charge in [0.05, 0.1) is 12.7 Å². The minimum Gasteiger partial charge on any atom is -0.465 e. The van der Waals surface area contributed by atoms with E-state index >= 15 is 0 Å². The number of carbonyl (C=O) groups excluding carboxylic acids is 1. The van der Waals surface area contributed by atoms with Gasteiger partial charge in [0.1, 0.15) is 5.00 Å². The van der Waals surface area contributed by atoms with E-state index in [-0.39, 0.29) is 5.97 Å². The van der Waals surface area contributed by atoms with Gasteiger partial charge < -0.3 is 15.4 Å². The molecule has 2 aromatic heterocycles. The molecule has 0 amide bonds. The van der Waals surface area contributed by atoms with E-state index in [0.29, 0.717) is 15.7 Å². The fraction of sp³-hybridized carbons (Fsp3) is 0.267. The van der Waals surface area contributed by atoms with Gasteiger partial charge in [-0.25, -0.2) is 4.79 Å². The number of esters is 1. The minimum atomic E-state index is -0.351. The number of nitrogens with zero attached hydrogens (tertiary/aromatic N) is 1. The number of thiocarbonyl (C=S) groups is 1. The molecule has 0 aliphatic heterocycles. The Labute approximate surface area is 138 Å². The van der Waals surface area contributed by atoms with Crippen molar-refractivity contribution in [2.45, 2.75) is 20.3 Å². The second kappa shape index (κ2) is 7.33. The third-order valence-electron chi connectivity index (χ3n) is 3.12. The van der Waals surface area contributed by atoms with Crippen molar-refractivity contribution in [1.29, 1.82) is 0 Å². The number of hydrogen-bond donors (Lipinski definition) is 2. The number of aromatic nitrogens is 1. The Kier molecular flexibility index (Phi) is 5.46. The van der Waals surface area contributed by atoms with E-state index in [1.54, 1.807) is 12.4 Å². The molecule has 116 valence electrons. The largest absolute Gasteiger partial charge is 0.465 e. The van der Waals surface area contributed by atoms with E-state index in [4.69, 9.17) is 17.0 Å². The average molecular weight is 335 g/mol. The molecule has 0 saturated carbocycles. The predicted octanol–water partition coefficient (Wildman–Crippen LogP) is 3.61. The molecular formula is C15H17N3O2S2. The molecule has 0 radical (unpaired) electrons. The first kappa shape index (κ1) is 16.4. The van der Waals surface area contributed by atoms with Crippen molar-refractivity contribution in [2.24, 2.45) is 0 Å². The summed E-state index contributed by atoms with van der Waals surface area (Å²) in [5.74, 6) is -0.351. The molecule has 0 saturated heterocycles. The number of ether oxygens (including phenoxy) is 1. The van der Waals surface area contributed by atoms with Gasteiger partial charge in [0.2, 0.25) is 0 Å². The first-order chi connectivity index (χ1) is 10.6. The zero-order chi connectivity index (χ0) is 16.1. The molecule has 0 bridgehead atoms. The van der Waals surface area contributed by atoms with E-state index in [1.165, 1.54) is 18.4 Å². The highest BCUT2D eigenvalue weighted by atomic mass is 32.1. The SMILES string of the molecule is CCc1c(C)sc(NC(=S)Nc2ccncc2)c1C(=O)OC. The number of methoxy groups -OCH3 is 1. The maximum Gasteiger partial charge on any atom is 0.341 e. The highest BCUT2D eigenvalue weighted by Crippen LogP contribution is 2.34. The van der Waals surface area contributed by atoms with Crippen LogP contribution in [0.2, 0.25) is 0 Å². The van der Waals surface area contributed by atoms with Crippen LogP contribution >= 0.6 is 23.6 Å². The molecule has 5 nitrogen and oxygen atoms in total. The molecule has 2 aromatic rings. The predicted molar refractivity (Wildman–Crippen MR) is 93.9 cm³/mol. The fourth-order valence-corrected chi connectivity index (χ4v) is 3.53. The van der Waals surface area contributed by atoms with Crippen LogP contribution in [0.3, 0.4) is 0 Å². The van der Waals surface area contributed by atoms with E-state index in [2.05, 4.69) is 15.6 Å². The Morgan fingerprint density at radius 3 is 2.64 bits per heavy atom. The van der Waals surface area contributed by atoms with Crippen LogP contribution in [-0.4, -0.2) is 23.2 Å². The van der Waals surface area contributed by atoms with E-state index in [9.17, 15) is 4.79 Å². The number of pyridine rings is 1. The smallest absolute Gasteiger partial charge is 0.341 e. The molecule has 2 heterocycles. The van der Waals surface area contributed by atoms with Gasteiger partial charge in [0.15, 0.2) is 5.11 Å². The van der Waals surface area contributed by atoms with Gasteiger partial charge in [0.25, 0.3) is 0 Å². The Morgan fingerprint density at radius 1 is 1.36 bits per heavy atom. The van der Waals surface area contributed by atoms with Crippen LogP contribution in [-0.2, 0) is 11.2 Å². The standard InChI is InChI=1S/C15H17N3O2S2/c1-4-11-9(2)22-13(12(11)14(19)20-3)18-15(21)17-10-5-7-16-8-6-10/h5-8H,4H2,1-3H3,(H2,16,17,18,21). The summed E-state index contributed by atoms with van der Waals surface area (Å²) in [6, 6.07) is 3.62. The molecule has 0 unspecified atom stereocenters. The molecule has 22 heavy (non-hydrogen) atoms. The zero-order valence-corrected chi connectivity index (χ0v) is 14.2. The van der Waals surface area contributed by atoms with Gasteiger partial charge in [-0.2, -0.15) is 0 Å². The van der Waals surface area contributed by atoms with Crippen LogP contribution in [0.15, 0.2) is 24.5 Å². The summed E-state index contributed by atoms with van der Waals surface area (Å²) >= 11 is 6.80.